The number of hydrogen-bond donors (Lipinski definition) is 2. The van der Waals surface area contributed by atoms with E-state index in [4.69, 9.17) is 4.52 Å². The lowest BCUT2D eigenvalue weighted by Crippen LogP contribution is -2.28. The zero-order valence-corrected chi connectivity index (χ0v) is 14.9. The largest absolute Gasteiger partial charge is 0.349 e. The van der Waals surface area contributed by atoms with Crippen molar-refractivity contribution in [2.45, 2.75) is 52.2 Å². The molecule has 22 heavy (non-hydrogen) atoms. The van der Waals surface area contributed by atoms with Crippen LogP contribution in [0, 0.1) is 5.92 Å². The summed E-state index contributed by atoms with van der Waals surface area (Å²) in [4.78, 5) is 10.3. The van der Waals surface area contributed by atoms with E-state index < -0.39 is 13.4 Å². The van der Waals surface area contributed by atoms with Crippen LogP contribution in [-0.4, -0.2) is 18.0 Å². The fourth-order valence-corrected chi connectivity index (χ4v) is 3.94. The number of benzene rings is 1. The standard InChI is InChI=1S/C17H30NO3P/c1-4-7-11-15(5-2)14-18-17(22(19,20)21-6-3)16-12-9-8-10-13-16/h8-10,12-13,15,17-18H,4-7,11,14H2,1-3H3,(H,19,20). The van der Waals surface area contributed by atoms with Gasteiger partial charge in [0.2, 0.25) is 0 Å². The predicted octanol–water partition coefficient (Wildman–Crippen LogP) is 4.71. The van der Waals surface area contributed by atoms with Crippen LogP contribution in [0.2, 0.25) is 0 Å². The number of rotatable bonds is 11. The van der Waals surface area contributed by atoms with E-state index in [0.717, 1.165) is 24.9 Å². The molecule has 1 rings (SSSR count). The van der Waals surface area contributed by atoms with Crippen molar-refractivity contribution in [1.29, 1.82) is 0 Å². The van der Waals surface area contributed by atoms with Crippen LogP contribution in [0.4, 0.5) is 0 Å². The van der Waals surface area contributed by atoms with Gasteiger partial charge in [0, 0.05) is 0 Å². The van der Waals surface area contributed by atoms with E-state index in [-0.39, 0.29) is 6.61 Å². The number of hydrogen-bond acceptors (Lipinski definition) is 3. The maximum Gasteiger partial charge on any atom is 0.349 e. The second kappa shape index (κ2) is 10.2. The molecule has 0 aliphatic heterocycles. The zero-order valence-electron chi connectivity index (χ0n) is 14.0. The summed E-state index contributed by atoms with van der Waals surface area (Å²) in [7, 11) is -3.73. The quantitative estimate of drug-likeness (QED) is 0.578. The fraction of sp³-hybridized carbons (Fsp3) is 0.647. The van der Waals surface area contributed by atoms with Crippen LogP contribution < -0.4 is 5.32 Å². The van der Waals surface area contributed by atoms with Crippen molar-refractivity contribution in [1.82, 2.24) is 5.32 Å². The monoisotopic (exact) mass is 327 g/mol. The lowest BCUT2D eigenvalue weighted by Gasteiger charge is -2.26. The van der Waals surface area contributed by atoms with E-state index in [1.807, 2.05) is 30.3 Å². The Morgan fingerprint density at radius 3 is 2.45 bits per heavy atom. The van der Waals surface area contributed by atoms with E-state index in [1.165, 1.54) is 12.8 Å². The first kappa shape index (κ1) is 19.4. The summed E-state index contributed by atoms with van der Waals surface area (Å²) < 4.78 is 17.6. The molecule has 126 valence electrons. The van der Waals surface area contributed by atoms with Gasteiger partial charge in [-0.25, -0.2) is 0 Å². The summed E-state index contributed by atoms with van der Waals surface area (Å²) in [6.45, 7) is 7.05. The smallest absolute Gasteiger partial charge is 0.323 e. The van der Waals surface area contributed by atoms with Gasteiger partial charge in [-0.15, -0.1) is 0 Å². The first-order valence-electron chi connectivity index (χ1n) is 8.30. The van der Waals surface area contributed by atoms with Crippen LogP contribution >= 0.6 is 7.60 Å². The molecule has 0 fully saturated rings. The fourth-order valence-electron chi connectivity index (χ4n) is 2.54. The van der Waals surface area contributed by atoms with Gasteiger partial charge in [0.05, 0.1) is 6.61 Å². The molecule has 2 N–H and O–H groups in total. The molecular formula is C17H30NO3P. The number of unbranched alkanes of at least 4 members (excludes halogenated alkanes) is 1. The molecule has 0 aromatic heterocycles. The maximum atomic E-state index is 12.5. The van der Waals surface area contributed by atoms with E-state index in [9.17, 15) is 9.46 Å². The normalized spacial score (nSPS) is 16.9. The molecule has 3 unspecified atom stereocenters. The van der Waals surface area contributed by atoms with Gasteiger partial charge in [0.15, 0.2) is 0 Å². The Morgan fingerprint density at radius 2 is 1.91 bits per heavy atom. The molecule has 0 saturated carbocycles. The van der Waals surface area contributed by atoms with Crippen LogP contribution in [0.5, 0.6) is 0 Å². The van der Waals surface area contributed by atoms with Gasteiger partial charge in [-0.1, -0.05) is 63.4 Å². The summed E-state index contributed by atoms with van der Waals surface area (Å²) >= 11 is 0. The molecule has 1 aromatic carbocycles. The summed E-state index contributed by atoms with van der Waals surface area (Å²) in [5, 5.41) is 3.28. The van der Waals surface area contributed by atoms with Crippen molar-refractivity contribution < 1.29 is 14.0 Å². The molecule has 1 aromatic rings. The molecule has 0 radical (unpaired) electrons. The number of nitrogens with one attached hydrogen (secondary N) is 1. The van der Waals surface area contributed by atoms with Gasteiger partial charge < -0.3 is 9.42 Å². The third-order valence-corrected chi connectivity index (χ3v) is 5.66. The third kappa shape index (κ3) is 6.21. The molecule has 0 bridgehead atoms. The van der Waals surface area contributed by atoms with Crippen molar-refractivity contribution >= 4 is 7.60 Å². The van der Waals surface area contributed by atoms with E-state index in [2.05, 4.69) is 19.2 Å². The van der Waals surface area contributed by atoms with E-state index >= 15 is 0 Å². The molecule has 3 atom stereocenters. The highest BCUT2D eigenvalue weighted by Crippen LogP contribution is 2.54. The van der Waals surface area contributed by atoms with Crippen molar-refractivity contribution in [2.24, 2.45) is 5.92 Å². The van der Waals surface area contributed by atoms with E-state index in [1.54, 1.807) is 6.92 Å². The highest BCUT2D eigenvalue weighted by molar-refractivity contribution is 7.53. The van der Waals surface area contributed by atoms with Crippen molar-refractivity contribution in [3.8, 4) is 0 Å². The first-order valence-corrected chi connectivity index (χ1v) is 9.95. The molecule has 0 spiro atoms. The maximum absolute atomic E-state index is 12.5. The third-order valence-electron chi connectivity index (χ3n) is 3.90. The lowest BCUT2D eigenvalue weighted by molar-refractivity contribution is 0.256. The molecule has 5 heteroatoms. The molecule has 0 aliphatic carbocycles. The Hall–Kier alpha value is -0.670. The summed E-state index contributed by atoms with van der Waals surface area (Å²) in [5.41, 5.74) is 0.798. The van der Waals surface area contributed by atoms with Gasteiger partial charge in [0.1, 0.15) is 5.78 Å². The van der Waals surface area contributed by atoms with Gasteiger partial charge in [-0.3, -0.25) is 9.88 Å². The second-order valence-electron chi connectivity index (χ2n) is 5.62. The van der Waals surface area contributed by atoms with Crippen molar-refractivity contribution in [2.75, 3.05) is 13.2 Å². The topological polar surface area (TPSA) is 58.6 Å². The summed E-state index contributed by atoms with van der Waals surface area (Å²) in [5.74, 6) is -0.142. The Bertz CT molecular complexity index is 452. The Morgan fingerprint density at radius 1 is 1.23 bits per heavy atom. The SMILES string of the molecule is CCCCC(CC)CNC(c1ccccc1)P(=O)(O)OCC. The van der Waals surface area contributed by atoms with Crippen LogP contribution in [-0.2, 0) is 9.09 Å². The van der Waals surface area contributed by atoms with Crippen molar-refractivity contribution in [3.05, 3.63) is 35.9 Å². The first-order chi connectivity index (χ1) is 10.5. The van der Waals surface area contributed by atoms with Crippen LogP contribution in [0.3, 0.4) is 0 Å². The Kier molecular flexibility index (Phi) is 8.96. The van der Waals surface area contributed by atoms with Gasteiger partial charge in [-0.05, 0) is 31.4 Å². The minimum Gasteiger partial charge on any atom is -0.323 e. The van der Waals surface area contributed by atoms with Crippen molar-refractivity contribution in [3.63, 3.8) is 0 Å². The molecule has 0 saturated heterocycles. The van der Waals surface area contributed by atoms with Gasteiger partial charge in [0.25, 0.3) is 0 Å². The van der Waals surface area contributed by atoms with Crippen LogP contribution in [0.1, 0.15) is 57.8 Å². The summed E-state index contributed by atoms with van der Waals surface area (Å²) in [6.07, 6.45) is 4.58. The minimum absolute atomic E-state index is 0.228. The molecule has 0 aliphatic rings. The Balaban J connectivity index is 2.81. The van der Waals surface area contributed by atoms with E-state index in [0.29, 0.717) is 5.92 Å². The highest BCUT2D eigenvalue weighted by Gasteiger charge is 2.33. The van der Waals surface area contributed by atoms with Gasteiger partial charge >= 0.3 is 7.60 Å². The molecular weight excluding hydrogens is 297 g/mol. The second-order valence-corrected chi connectivity index (χ2v) is 7.52. The average Bonchev–Trinajstić information content (AvgIpc) is 2.51. The van der Waals surface area contributed by atoms with Crippen LogP contribution in [0.15, 0.2) is 30.3 Å². The van der Waals surface area contributed by atoms with Gasteiger partial charge in [-0.2, -0.15) is 0 Å². The van der Waals surface area contributed by atoms with Crippen LogP contribution in [0.25, 0.3) is 0 Å². The molecule has 4 nitrogen and oxygen atoms in total. The average molecular weight is 327 g/mol. The zero-order chi connectivity index (χ0) is 16.4. The predicted molar refractivity (Wildman–Crippen MR) is 91.9 cm³/mol. The summed E-state index contributed by atoms with van der Waals surface area (Å²) in [6, 6.07) is 9.40. The Labute approximate surface area is 134 Å². The minimum atomic E-state index is -3.73. The molecule has 0 amide bonds. The highest BCUT2D eigenvalue weighted by atomic mass is 31.2. The lowest BCUT2D eigenvalue weighted by atomic mass is 9.99. The molecule has 0 heterocycles.